The molecular formula is C12H6F3N3O2S. The number of imide groups is 1. The molecule has 108 valence electrons. The van der Waals surface area contributed by atoms with Crippen LogP contribution in [-0.4, -0.2) is 20.5 Å². The van der Waals surface area contributed by atoms with E-state index in [1.165, 1.54) is 24.4 Å². The number of alkyl halides is 3. The second kappa shape index (κ2) is 4.62. The summed E-state index contributed by atoms with van der Waals surface area (Å²) in [6.45, 7) is 0. The van der Waals surface area contributed by atoms with E-state index in [-0.39, 0.29) is 10.6 Å². The molecule has 0 unspecified atom stereocenters. The van der Waals surface area contributed by atoms with Crippen LogP contribution in [0.2, 0.25) is 0 Å². The highest BCUT2D eigenvalue weighted by atomic mass is 32.2. The predicted octanol–water partition coefficient (Wildman–Crippen LogP) is 2.68. The Labute approximate surface area is 119 Å². The Morgan fingerprint density at radius 2 is 2.05 bits per heavy atom. The minimum absolute atomic E-state index is 0.132. The van der Waals surface area contributed by atoms with Crippen molar-refractivity contribution in [2.24, 2.45) is 0 Å². The number of nitrogens with zero attached hydrogens (tertiary/aromatic N) is 2. The summed E-state index contributed by atoms with van der Waals surface area (Å²) in [5, 5.41) is 1.56. The topological polar surface area (TPSA) is 63.5 Å². The van der Waals surface area contributed by atoms with E-state index in [1.807, 2.05) is 0 Å². The smallest absolute Gasteiger partial charge is 0.295 e. The first-order valence-electron chi connectivity index (χ1n) is 5.64. The zero-order valence-corrected chi connectivity index (χ0v) is 11.0. The van der Waals surface area contributed by atoms with Crippen molar-refractivity contribution < 1.29 is 22.8 Å². The van der Waals surface area contributed by atoms with Crippen LogP contribution < -0.4 is 5.32 Å². The summed E-state index contributed by atoms with van der Waals surface area (Å²) in [7, 11) is 0. The van der Waals surface area contributed by atoms with Crippen molar-refractivity contribution in [3.63, 3.8) is 0 Å². The van der Waals surface area contributed by atoms with Gasteiger partial charge in [-0.3, -0.25) is 19.3 Å². The van der Waals surface area contributed by atoms with Crippen molar-refractivity contribution in [2.75, 3.05) is 0 Å². The van der Waals surface area contributed by atoms with Crippen molar-refractivity contribution >= 4 is 34.6 Å². The van der Waals surface area contributed by atoms with E-state index in [1.54, 1.807) is 0 Å². The van der Waals surface area contributed by atoms with E-state index in [2.05, 4.69) is 10.3 Å². The van der Waals surface area contributed by atoms with Gasteiger partial charge in [-0.2, -0.15) is 13.2 Å². The summed E-state index contributed by atoms with van der Waals surface area (Å²) in [5.41, 5.74) is -0.403. The van der Waals surface area contributed by atoms with Crippen molar-refractivity contribution in [3.8, 4) is 0 Å². The van der Waals surface area contributed by atoms with Crippen LogP contribution in [0.3, 0.4) is 0 Å². The standard InChI is InChI=1S/C12H6F3N3O2S/c13-12(14,15)8-4-16-9-2-1-6(5-18(8)9)3-7-10(19)17-11(20)21-7/h1-5H,(H,17,19,20). The molecule has 0 atom stereocenters. The molecule has 5 nitrogen and oxygen atoms in total. The molecule has 0 spiro atoms. The van der Waals surface area contributed by atoms with Crippen LogP contribution in [0.1, 0.15) is 11.3 Å². The van der Waals surface area contributed by atoms with Gasteiger partial charge in [0.05, 0.1) is 11.1 Å². The lowest BCUT2D eigenvalue weighted by atomic mass is 10.2. The maximum Gasteiger partial charge on any atom is 0.433 e. The Bertz CT molecular complexity index is 795. The van der Waals surface area contributed by atoms with Crippen LogP contribution in [0, 0.1) is 0 Å². The number of hydrogen-bond acceptors (Lipinski definition) is 4. The highest BCUT2D eigenvalue weighted by Gasteiger charge is 2.34. The van der Waals surface area contributed by atoms with Crippen molar-refractivity contribution in [1.82, 2.24) is 14.7 Å². The van der Waals surface area contributed by atoms with Crippen LogP contribution in [0.25, 0.3) is 11.7 Å². The molecule has 1 aliphatic rings. The van der Waals surface area contributed by atoms with Crippen LogP contribution in [-0.2, 0) is 11.0 Å². The number of rotatable bonds is 1. The lowest BCUT2D eigenvalue weighted by molar-refractivity contribution is -0.141. The SMILES string of the molecule is O=C1NC(=O)C(=Cc2ccc3ncc(C(F)(F)F)n3c2)S1. The Kier molecular flexibility index (Phi) is 3.01. The van der Waals surface area contributed by atoms with Gasteiger partial charge in [-0.25, -0.2) is 4.98 Å². The Hall–Kier alpha value is -2.29. The van der Waals surface area contributed by atoms with Crippen molar-refractivity contribution in [3.05, 3.63) is 40.7 Å². The van der Waals surface area contributed by atoms with E-state index in [9.17, 15) is 22.8 Å². The molecule has 0 aromatic carbocycles. The molecule has 21 heavy (non-hydrogen) atoms. The molecule has 2 amide bonds. The number of amides is 2. The second-order valence-electron chi connectivity index (χ2n) is 4.18. The molecule has 0 saturated carbocycles. The summed E-state index contributed by atoms with van der Waals surface area (Å²) in [6.07, 6.45) is -1.22. The third kappa shape index (κ3) is 2.51. The highest BCUT2D eigenvalue weighted by molar-refractivity contribution is 8.18. The fraction of sp³-hybridized carbons (Fsp3) is 0.0833. The molecule has 0 radical (unpaired) electrons. The number of carbonyl (C=O) groups excluding carboxylic acids is 2. The minimum Gasteiger partial charge on any atom is -0.295 e. The Balaban J connectivity index is 2.07. The second-order valence-corrected chi connectivity index (χ2v) is 5.20. The first-order valence-corrected chi connectivity index (χ1v) is 6.45. The number of aromatic nitrogens is 2. The van der Waals surface area contributed by atoms with Crippen LogP contribution in [0.5, 0.6) is 0 Å². The van der Waals surface area contributed by atoms with E-state index in [0.29, 0.717) is 17.3 Å². The highest BCUT2D eigenvalue weighted by Crippen LogP contribution is 2.30. The minimum atomic E-state index is -4.53. The van der Waals surface area contributed by atoms with E-state index < -0.39 is 23.0 Å². The van der Waals surface area contributed by atoms with E-state index >= 15 is 0 Å². The van der Waals surface area contributed by atoms with Crippen LogP contribution in [0.4, 0.5) is 18.0 Å². The zero-order valence-electron chi connectivity index (χ0n) is 10.1. The third-order valence-corrected chi connectivity index (χ3v) is 3.57. The predicted molar refractivity (Wildman–Crippen MR) is 69.3 cm³/mol. The molecule has 1 aliphatic heterocycles. The van der Waals surface area contributed by atoms with E-state index in [0.717, 1.165) is 10.6 Å². The zero-order chi connectivity index (χ0) is 15.2. The average Bonchev–Trinajstić information content (AvgIpc) is 2.92. The normalized spacial score (nSPS) is 17.8. The molecule has 3 rings (SSSR count). The molecule has 1 fully saturated rings. The van der Waals surface area contributed by atoms with Gasteiger partial charge >= 0.3 is 6.18 Å². The summed E-state index contributed by atoms with van der Waals surface area (Å²) in [5.74, 6) is -0.563. The van der Waals surface area contributed by atoms with E-state index in [4.69, 9.17) is 0 Å². The van der Waals surface area contributed by atoms with Gasteiger partial charge in [0.15, 0.2) is 0 Å². The molecule has 1 N–H and O–H groups in total. The maximum absolute atomic E-state index is 12.8. The van der Waals surface area contributed by atoms with Gasteiger partial charge in [0, 0.05) is 6.20 Å². The molecule has 0 aliphatic carbocycles. The summed E-state index contributed by atoms with van der Waals surface area (Å²) < 4.78 is 39.3. The third-order valence-electron chi connectivity index (χ3n) is 2.76. The summed E-state index contributed by atoms with van der Waals surface area (Å²) >= 11 is 0.700. The number of halogens is 3. The fourth-order valence-corrected chi connectivity index (χ4v) is 2.55. The van der Waals surface area contributed by atoms with Gasteiger partial charge in [0.25, 0.3) is 11.1 Å². The molecule has 3 heterocycles. The van der Waals surface area contributed by atoms with Gasteiger partial charge < -0.3 is 0 Å². The molecule has 1 saturated heterocycles. The van der Waals surface area contributed by atoms with Crippen molar-refractivity contribution in [1.29, 1.82) is 0 Å². The quantitative estimate of drug-likeness (QED) is 0.822. The fourth-order valence-electron chi connectivity index (χ4n) is 1.86. The first-order chi connectivity index (χ1) is 9.84. The number of thioether (sulfide) groups is 1. The number of imidazole rings is 1. The average molecular weight is 313 g/mol. The van der Waals surface area contributed by atoms with Crippen LogP contribution >= 0.6 is 11.8 Å². The first kappa shape index (κ1) is 13.7. The maximum atomic E-state index is 12.8. The Morgan fingerprint density at radius 3 is 2.67 bits per heavy atom. The van der Waals surface area contributed by atoms with Gasteiger partial charge in [-0.15, -0.1) is 0 Å². The number of fused-ring (bicyclic) bond motifs is 1. The summed E-state index contributed by atoms with van der Waals surface area (Å²) in [4.78, 5) is 26.2. The number of hydrogen-bond donors (Lipinski definition) is 1. The summed E-state index contributed by atoms with van der Waals surface area (Å²) in [6, 6.07) is 2.92. The molecular weight excluding hydrogens is 307 g/mol. The van der Waals surface area contributed by atoms with Gasteiger partial charge in [0.1, 0.15) is 11.3 Å². The lowest BCUT2D eigenvalue weighted by Gasteiger charge is -2.06. The number of pyridine rings is 1. The van der Waals surface area contributed by atoms with Gasteiger partial charge in [-0.1, -0.05) is 0 Å². The largest absolute Gasteiger partial charge is 0.433 e. The molecule has 9 heteroatoms. The number of carbonyl (C=O) groups is 2. The van der Waals surface area contributed by atoms with Crippen LogP contribution in [0.15, 0.2) is 29.4 Å². The van der Waals surface area contributed by atoms with Gasteiger partial charge in [0.2, 0.25) is 0 Å². The molecule has 2 aromatic heterocycles. The Morgan fingerprint density at radius 1 is 1.29 bits per heavy atom. The van der Waals surface area contributed by atoms with Gasteiger partial charge in [-0.05, 0) is 35.5 Å². The monoisotopic (exact) mass is 313 g/mol. The molecule has 0 bridgehead atoms. The molecule has 2 aromatic rings. The number of nitrogens with one attached hydrogen (secondary N) is 1. The van der Waals surface area contributed by atoms with Crippen molar-refractivity contribution in [2.45, 2.75) is 6.18 Å². The lowest BCUT2D eigenvalue weighted by Crippen LogP contribution is -2.17.